The number of sulfonamides is 1. The van der Waals surface area contributed by atoms with E-state index in [-0.39, 0.29) is 41.0 Å². The first-order valence-corrected chi connectivity index (χ1v) is 12.9. The van der Waals surface area contributed by atoms with Gasteiger partial charge in [0.05, 0.1) is 37.0 Å². The van der Waals surface area contributed by atoms with Crippen LogP contribution >= 0.6 is 11.8 Å². The van der Waals surface area contributed by atoms with Gasteiger partial charge < -0.3 is 14.8 Å². The molecule has 2 aromatic carbocycles. The average Bonchev–Trinajstić information content (AvgIpc) is 2.86. The molecule has 0 aliphatic carbocycles. The lowest BCUT2D eigenvalue weighted by molar-refractivity contribution is -0.113. The van der Waals surface area contributed by atoms with Crippen molar-refractivity contribution in [2.75, 3.05) is 44.5 Å². The fourth-order valence-electron chi connectivity index (χ4n) is 3.54. The van der Waals surface area contributed by atoms with Crippen molar-refractivity contribution < 1.29 is 22.7 Å². The number of amides is 1. The third kappa shape index (κ3) is 4.94. The molecule has 1 saturated heterocycles. The summed E-state index contributed by atoms with van der Waals surface area (Å²) in [6.07, 6.45) is 0. The van der Waals surface area contributed by atoms with Gasteiger partial charge in [-0.2, -0.15) is 4.31 Å². The van der Waals surface area contributed by atoms with Crippen molar-refractivity contribution in [3.05, 3.63) is 52.8 Å². The van der Waals surface area contributed by atoms with Crippen molar-refractivity contribution in [2.24, 2.45) is 7.05 Å². The van der Waals surface area contributed by atoms with Crippen LogP contribution in [0, 0.1) is 0 Å². The van der Waals surface area contributed by atoms with Crippen molar-refractivity contribution in [1.82, 2.24) is 13.9 Å². The van der Waals surface area contributed by atoms with E-state index in [1.54, 1.807) is 37.4 Å². The molecular weight excluding hydrogens is 480 g/mol. The number of aromatic nitrogens is 2. The summed E-state index contributed by atoms with van der Waals surface area (Å²) >= 11 is 1.12. The van der Waals surface area contributed by atoms with Crippen molar-refractivity contribution in [3.63, 3.8) is 0 Å². The quantitative estimate of drug-likeness (QED) is 0.381. The number of benzene rings is 2. The summed E-state index contributed by atoms with van der Waals surface area (Å²) in [7, 11) is -0.828. The molecule has 0 atom stereocenters. The summed E-state index contributed by atoms with van der Waals surface area (Å²) in [5.41, 5.74) is 0.682. The van der Waals surface area contributed by atoms with E-state index >= 15 is 0 Å². The van der Waals surface area contributed by atoms with E-state index < -0.39 is 10.0 Å². The van der Waals surface area contributed by atoms with Gasteiger partial charge in [0, 0.05) is 25.8 Å². The van der Waals surface area contributed by atoms with E-state index in [0.717, 1.165) is 11.8 Å². The van der Waals surface area contributed by atoms with Crippen molar-refractivity contribution in [3.8, 4) is 5.75 Å². The number of hydrogen-bond acceptors (Lipinski definition) is 8. The molecule has 10 nitrogen and oxygen atoms in total. The SMILES string of the molecule is COc1ccc(NC(=O)CSc2nc3ccccc3c(=O)n2C)cc1S(=O)(=O)N1CCOCC1. The summed E-state index contributed by atoms with van der Waals surface area (Å²) in [4.78, 5) is 29.6. The zero-order chi connectivity index (χ0) is 24.3. The first kappa shape index (κ1) is 24.2. The maximum absolute atomic E-state index is 13.1. The van der Waals surface area contributed by atoms with E-state index in [4.69, 9.17) is 9.47 Å². The molecule has 3 aromatic rings. The van der Waals surface area contributed by atoms with Crippen LogP contribution in [0.15, 0.2) is 57.3 Å². The van der Waals surface area contributed by atoms with E-state index in [1.165, 1.54) is 28.1 Å². The Morgan fingerprint density at radius 3 is 2.68 bits per heavy atom. The Morgan fingerprint density at radius 2 is 1.94 bits per heavy atom. The smallest absolute Gasteiger partial charge is 0.261 e. The minimum atomic E-state index is -3.83. The van der Waals surface area contributed by atoms with Crippen LogP contribution in [0.25, 0.3) is 10.9 Å². The second-order valence-corrected chi connectivity index (χ2v) is 10.3. The first-order valence-electron chi connectivity index (χ1n) is 10.5. The summed E-state index contributed by atoms with van der Waals surface area (Å²) in [6.45, 7) is 1.13. The number of fused-ring (bicyclic) bond motifs is 1. The Balaban J connectivity index is 1.50. The molecule has 0 spiro atoms. The van der Waals surface area contributed by atoms with Crippen LogP contribution in [-0.2, 0) is 26.6 Å². The largest absolute Gasteiger partial charge is 0.495 e. The van der Waals surface area contributed by atoms with Crippen LogP contribution in [0.4, 0.5) is 5.69 Å². The highest BCUT2D eigenvalue weighted by molar-refractivity contribution is 7.99. The number of anilines is 1. The third-order valence-electron chi connectivity index (χ3n) is 5.31. The molecule has 12 heteroatoms. The molecular formula is C22H24N4O6S2. The number of carbonyl (C=O) groups is 1. The number of para-hydroxylation sites is 1. The molecule has 4 rings (SSSR count). The fourth-order valence-corrected chi connectivity index (χ4v) is 5.90. The second-order valence-electron chi connectivity index (χ2n) is 7.49. The third-order valence-corrected chi connectivity index (χ3v) is 8.26. The Morgan fingerprint density at radius 1 is 1.21 bits per heavy atom. The highest BCUT2D eigenvalue weighted by Gasteiger charge is 2.29. The molecule has 1 fully saturated rings. The molecule has 1 N–H and O–H groups in total. The van der Waals surface area contributed by atoms with Crippen LogP contribution in [0.3, 0.4) is 0 Å². The monoisotopic (exact) mass is 504 g/mol. The van der Waals surface area contributed by atoms with Crippen LogP contribution in [0.5, 0.6) is 5.75 Å². The maximum atomic E-state index is 13.1. The zero-order valence-electron chi connectivity index (χ0n) is 18.7. The number of hydrogen-bond donors (Lipinski definition) is 1. The van der Waals surface area contributed by atoms with Gasteiger partial charge in [0.25, 0.3) is 5.56 Å². The lowest BCUT2D eigenvalue weighted by Crippen LogP contribution is -2.40. The van der Waals surface area contributed by atoms with Gasteiger partial charge in [-0.05, 0) is 30.3 Å². The molecule has 0 saturated carbocycles. The number of nitrogens with zero attached hydrogens (tertiary/aromatic N) is 3. The van der Waals surface area contributed by atoms with Gasteiger partial charge in [-0.3, -0.25) is 14.2 Å². The lowest BCUT2D eigenvalue weighted by Gasteiger charge is -2.26. The summed E-state index contributed by atoms with van der Waals surface area (Å²) < 4.78 is 39.5. The number of methoxy groups -OCH3 is 1. The molecule has 180 valence electrons. The molecule has 0 radical (unpaired) electrons. The van der Waals surface area contributed by atoms with Gasteiger partial charge in [-0.15, -0.1) is 0 Å². The lowest BCUT2D eigenvalue weighted by atomic mass is 10.2. The number of rotatable bonds is 7. The predicted octanol–water partition coefficient (Wildman–Crippen LogP) is 1.69. The van der Waals surface area contributed by atoms with Crippen molar-refractivity contribution in [1.29, 1.82) is 0 Å². The predicted molar refractivity (Wildman–Crippen MR) is 129 cm³/mol. The van der Waals surface area contributed by atoms with E-state index in [0.29, 0.717) is 35.0 Å². The van der Waals surface area contributed by atoms with Gasteiger partial charge >= 0.3 is 0 Å². The summed E-state index contributed by atoms with van der Waals surface area (Å²) in [5, 5.41) is 3.62. The molecule has 34 heavy (non-hydrogen) atoms. The van der Waals surface area contributed by atoms with Crippen LogP contribution < -0.4 is 15.6 Å². The normalized spacial score (nSPS) is 14.8. The molecule has 1 aromatic heterocycles. The second kappa shape index (κ2) is 10.1. The average molecular weight is 505 g/mol. The first-order chi connectivity index (χ1) is 16.3. The minimum absolute atomic E-state index is 0.0177. The maximum Gasteiger partial charge on any atom is 0.261 e. The Hall–Kier alpha value is -2.93. The van der Waals surface area contributed by atoms with E-state index in [2.05, 4.69) is 10.3 Å². The molecule has 0 unspecified atom stereocenters. The molecule has 1 aliphatic heterocycles. The Labute approximate surface area is 200 Å². The number of carbonyl (C=O) groups excluding carboxylic acids is 1. The van der Waals surface area contributed by atoms with E-state index in [9.17, 15) is 18.0 Å². The van der Waals surface area contributed by atoms with Crippen LogP contribution in [0.1, 0.15) is 0 Å². The van der Waals surface area contributed by atoms with Crippen molar-refractivity contribution in [2.45, 2.75) is 10.1 Å². The highest BCUT2D eigenvalue weighted by Crippen LogP contribution is 2.30. The van der Waals surface area contributed by atoms with Crippen LogP contribution in [0.2, 0.25) is 0 Å². The van der Waals surface area contributed by atoms with Gasteiger partial charge in [-0.25, -0.2) is 13.4 Å². The summed E-state index contributed by atoms with van der Waals surface area (Å²) in [5.74, 6) is -0.197. The minimum Gasteiger partial charge on any atom is -0.495 e. The number of morpholine rings is 1. The van der Waals surface area contributed by atoms with Crippen molar-refractivity contribution >= 4 is 44.3 Å². The highest BCUT2D eigenvalue weighted by atomic mass is 32.2. The molecule has 0 bridgehead atoms. The zero-order valence-corrected chi connectivity index (χ0v) is 20.3. The number of nitrogens with one attached hydrogen (secondary N) is 1. The van der Waals surface area contributed by atoms with Gasteiger partial charge in [0.15, 0.2) is 5.16 Å². The Bertz CT molecular complexity index is 1380. The van der Waals surface area contributed by atoms with E-state index in [1.807, 2.05) is 0 Å². The standard InChI is InChI=1S/C22H24N4O6S2/c1-25-21(28)16-5-3-4-6-17(16)24-22(25)33-14-20(27)23-15-7-8-18(31-2)19(13-15)34(29,30)26-9-11-32-12-10-26/h3-8,13H,9-12,14H2,1-2H3,(H,23,27). The molecule has 1 amide bonds. The van der Waals surface area contributed by atoms with Crippen LogP contribution in [-0.4, -0.2) is 67.3 Å². The number of thioether (sulfide) groups is 1. The number of ether oxygens (including phenoxy) is 2. The molecule has 1 aliphatic rings. The Kier molecular flexibility index (Phi) is 7.22. The van der Waals surface area contributed by atoms with Gasteiger partial charge in [0.2, 0.25) is 15.9 Å². The summed E-state index contributed by atoms with van der Waals surface area (Å²) in [6, 6.07) is 11.5. The molecule has 2 heterocycles. The van der Waals surface area contributed by atoms with Gasteiger partial charge in [0.1, 0.15) is 10.6 Å². The fraction of sp³-hybridized carbons (Fsp3) is 0.318. The topological polar surface area (TPSA) is 120 Å². The van der Waals surface area contributed by atoms with Gasteiger partial charge in [-0.1, -0.05) is 23.9 Å².